The number of rotatable bonds is 3. The molecule has 0 bridgehead atoms. The van der Waals surface area contributed by atoms with Crippen LogP contribution >= 0.6 is 11.3 Å². The highest BCUT2D eigenvalue weighted by molar-refractivity contribution is 7.14. The molecule has 5 nitrogen and oxygen atoms in total. The van der Waals surface area contributed by atoms with Gasteiger partial charge in [-0.1, -0.05) is 13.8 Å². The summed E-state index contributed by atoms with van der Waals surface area (Å²) in [6, 6.07) is 0. The molecule has 0 spiro atoms. The molecular weight excluding hydrogens is 264 g/mol. The Morgan fingerprint density at radius 3 is 2.53 bits per heavy atom. The number of thiazole rings is 1. The molecule has 19 heavy (non-hydrogen) atoms. The Balaban J connectivity index is 2.37. The first-order valence-corrected chi connectivity index (χ1v) is 6.99. The molecule has 2 rings (SSSR count). The number of hydrogen-bond donors (Lipinski definition) is 0. The average molecular weight is 280 g/mol. The lowest BCUT2D eigenvalue weighted by molar-refractivity contribution is -0.126. The third-order valence-electron chi connectivity index (χ3n) is 3.78. The molecule has 0 aliphatic carbocycles. The first kappa shape index (κ1) is 13.9. The molecular formula is C13H16N2O3S. The molecule has 1 saturated heterocycles. The van der Waals surface area contributed by atoms with Gasteiger partial charge in [0, 0.05) is 18.7 Å². The van der Waals surface area contributed by atoms with Crippen molar-refractivity contribution in [3.8, 4) is 0 Å². The molecule has 1 aromatic heterocycles. The minimum Gasteiger partial charge on any atom is -0.293 e. The van der Waals surface area contributed by atoms with Gasteiger partial charge in [0.1, 0.15) is 5.69 Å². The summed E-state index contributed by atoms with van der Waals surface area (Å²) in [6.07, 6.45) is 0.193. The molecule has 0 aromatic carbocycles. The van der Waals surface area contributed by atoms with Crippen LogP contribution in [0.5, 0.6) is 0 Å². The van der Waals surface area contributed by atoms with E-state index in [1.807, 2.05) is 13.8 Å². The summed E-state index contributed by atoms with van der Waals surface area (Å²) < 4.78 is 0. The zero-order valence-corrected chi connectivity index (χ0v) is 12.2. The molecule has 0 radical (unpaired) electrons. The Bertz CT molecular complexity index is 564. The van der Waals surface area contributed by atoms with Gasteiger partial charge in [-0.25, -0.2) is 9.88 Å². The highest BCUT2D eigenvalue weighted by atomic mass is 32.1. The number of hydrogen-bond acceptors (Lipinski definition) is 5. The Hall–Kier alpha value is -1.56. The van der Waals surface area contributed by atoms with Crippen molar-refractivity contribution >= 4 is 34.1 Å². The van der Waals surface area contributed by atoms with E-state index in [1.54, 1.807) is 12.3 Å². The summed E-state index contributed by atoms with van der Waals surface area (Å²) in [4.78, 5) is 40.9. The third kappa shape index (κ3) is 2.10. The fourth-order valence-electron chi connectivity index (χ4n) is 2.01. The molecule has 1 aliphatic rings. The lowest BCUT2D eigenvalue weighted by Crippen LogP contribution is -2.36. The molecule has 2 heterocycles. The van der Waals surface area contributed by atoms with Crippen LogP contribution < -0.4 is 4.90 Å². The van der Waals surface area contributed by atoms with Gasteiger partial charge in [0.25, 0.3) is 0 Å². The molecule has 2 amide bonds. The van der Waals surface area contributed by atoms with Gasteiger partial charge < -0.3 is 0 Å². The van der Waals surface area contributed by atoms with Gasteiger partial charge in [-0.15, -0.1) is 11.3 Å². The van der Waals surface area contributed by atoms with Crippen molar-refractivity contribution in [3.05, 3.63) is 11.1 Å². The largest absolute Gasteiger partial charge is 0.293 e. The Morgan fingerprint density at radius 1 is 1.47 bits per heavy atom. The second kappa shape index (κ2) is 4.52. The average Bonchev–Trinajstić information content (AvgIpc) is 2.85. The van der Waals surface area contributed by atoms with Crippen molar-refractivity contribution in [3.63, 3.8) is 0 Å². The topological polar surface area (TPSA) is 67.3 Å². The number of nitrogens with zero attached hydrogens (tertiary/aromatic N) is 2. The van der Waals surface area contributed by atoms with Gasteiger partial charge in [-0.3, -0.25) is 14.4 Å². The Labute approximate surface area is 115 Å². The third-order valence-corrected chi connectivity index (χ3v) is 4.60. The quantitative estimate of drug-likeness (QED) is 0.629. The minimum atomic E-state index is -0.681. The van der Waals surface area contributed by atoms with Gasteiger partial charge in [0.15, 0.2) is 10.9 Å². The Morgan fingerprint density at radius 2 is 2.11 bits per heavy atom. The van der Waals surface area contributed by atoms with Crippen molar-refractivity contribution in [2.24, 2.45) is 11.3 Å². The van der Waals surface area contributed by atoms with Crippen LogP contribution in [0.3, 0.4) is 0 Å². The van der Waals surface area contributed by atoms with E-state index in [4.69, 9.17) is 0 Å². The molecule has 1 fully saturated rings. The van der Waals surface area contributed by atoms with E-state index in [9.17, 15) is 14.4 Å². The number of imide groups is 1. The van der Waals surface area contributed by atoms with E-state index in [1.165, 1.54) is 6.92 Å². The second-order valence-corrected chi connectivity index (χ2v) is 6.19. The molecule has 102 valence electrons. The minimum absolute atomic E-state index is 0.0705. The van der Waals surface area contributed by atoms with Crippen LogP contribution in [0.1, 0.15) is 44.6 Å². The lowest BCUT2D eigenvalue weighted by atomic mass is 9.78. The maximum Gasteiger partial charge on any atom is 0.242 e. The second-order valence-electron chi connectivity index (χ2n) is 5.35. The smallest absolute Gasteiger partial charge is 0.242 e. The summed E-state index contributed by atoms with van der Waals surface area (Å²) in [7, 11) is 0. The highest BCUT2D eigenvalue weighted by Gasteiger charge is 2.51. The van der Waals surface area contributed by atoms with Crippen molar-refractivity contribution in [1.29, 1.82) is 0 Å². The molecule has 0 saturated carbocycles. The summed E-state index contributed by atoms with van der Waals surface area (Å²) in [5, 5.41) is 1.87. The molecule has 1 unspecified atom stereocenters. The van der Waals surface area contributed by atoms with Crippen molar-refractivity contribution in [2.45, 2.75) is 34.1 Å². The maximum absolute atomic E-state index is 12.4. The van der Waals surface area contributed by atoms with Gasteiger partial charge in [-0.05, 0) is 12.8 Å². The number of anilines is 1. The normalized spacial score (nSPS) is 23.5. The Kier molecular flexibility index (Phi) is 3.30. The lowest BCUT2D eigenvalue weighted by Gasteiger charge is -2.25. The highest BCUT2D eigenvalue weighted by Crippen LogP contribution is 2.41. The van der Waals surface area contributed by atoms with E-state index in [0.29, 0.717) is 10.8 Å². The summed E-state index contributed by atoms with van der Waals surface area (Å²) >= 11 is 1.15. The van der Waals surface area contributed by atoms with Crippen LogP contribution in [0.25, 0.3) is 0 Å². The van der Waals surface area contributed by atoms with E-state index in [0.717, 1.165) is 16.2 Å². The number of Topliss-reactive ketones (excluding diaryl/α,β-unsaturated/α-hetero) is 1. The number of amides is 2. The zero-order valence-electron chi connectivity index (χ0n) is 11.4. The summed E-state index contributed by atoms with van der Waals surface area (Å²) in [5.74, 6) is -0.572. The molecule has 0 N–H and O–H groups in total. The van der Waals surface area contributed by atoms with Crippen LogP contribution in [0, 0.1) is 11.3 Å². The monoisotopic (exact) mass is 280 g/mol. The van der Waals surface area contributed by atoms with E-state index >= 15 is 0 Å². The van der Waals surface area contributed by atoms with E-state index in [-0.39, 0.29) is 29.9 Å². The first-order chi connectivity index (χ1) is 8.77. The fourth-order valence-corrected chi connectivity index (χ4v) is 2.89. The number of carbonyl (C=O) groups is 3. The van der Waals surface area contributed by atoms with Crippen molar-refractivity contribution in [2.75, 3.05) is 4.90 Å². The molecule has 1 aliphatic heterocycles. The van der Waals surface area contributed by atoms with Crippen LogP contribution in [0.4, 0.5) is 5.13 Å². The van der Waals surface area contributed by atoms with Crippen LogP contribution in [-0.4, -0.2) is 22.6 Å². The predicted octanol–water partition coefficient (Wildman–Crippen LogP) is 2.27. The van der Waals surface area contributed by atoms with Crippen LogP contribution in [0.15, 0.2) is 5.38 Å². The van der Waals surface area contributed by atoms with Gasteiger partial charge in [0.05, 0.1) is 5.41 Å². The number of carbonyl (C=O) groups excluding carboxylic acids is 3. The van der Waals surface area contributed by atoms with Gasteiger partial charge in [-0.2, -0.15) is 0 Å². The molecule has 1 aromatic rings. The zero-order chi connectivity index (χ0) is 14.4. The summed E-state index contributed by atoms with van der Waals surface area (Å²) in [5.41, 5.74) is -0.391. The predicted molar refractivity (Wildman–Crippen MR) is 72.2 cm³/mol. The number of aromatic nitrogens is 1. The molecule has 1 atom stereocenters. The SMILES string of the molecule is CC(=O)c1csc(N2C(=O)CC(C)(C(C)C)C2=O)n1. The maximum atomic E-state index is 12.4. The first-order valence-electron chi connectivity index (χ1n) is 6.11. The van der Waals surface area contributed by atoms with E-state index < -0.39 is 5.41 Å². The molecule has 6 heteroatoms. The van der Waals surface area contributed by atoms with Crippen LogP contribution in [-0.2, 0) is 9.59 Å². The fraction of sp³-hybridized carbons (Fsp3) is 0.538. The van der Waals surface area contributed by atoms with Gasteiger partial charge in [0.2, 0.25) is 11.8 Å². The number of ketones is 1. The van der Waals surface area contributed by atoms with E-state index in [2.05, 4.69) is 4.98 Å². The standard InChI is InChI=1S/C13H16N2O3S/c1-7(2)13(4)5-10(17)15(11(13)18)12-14-9(6-19-12)8(3)16/h6-7H,5H2,1-4H3. The van der Waals surface area contributed by atoms with Crippen LogP contribution in [0.2, 0.25) is 0 Å². The van der Waals surface area contributed by atoms with Crippen molar-refractivity contribution < 1.29 is 14.4 Å². The van der Waals surface area contributed by atoms with Crippen molar-refractivity contribution in [1.82, 2.24) is 4.98 Å². The van der Waals surface area contributed by atoms with Gasteiger partial charge >= 0.3 is 0 Å². The summed E-state index contributed by atoms with van der Waals surface area (Å²) in [6.45, 7) is 7.07.